The Morgan fingerprint density at radius 2 is 1.54 bits per heavy atom. The fourth-order valence-corrected chi connectivity index (χ4v) is 3.50. The third-order valence-corrected chi connectivity index (χ3v) is 4.62. The summed E-state index contributed by atoms with van der Waals surface area (Å²) in [6.07, 6.45) is 4.31. The van der Waals surface area contributed by atoms with Gasteiger partial charge >= 0.3 is 6.85 Å². The van der Waals surface area contributed by atoms with E-state index >= 15 is 0 Å². The molecule has 0 aromatic heterocycles. The minimum absolute atomic E-state index is 0.221. The molecule has 0 saturated heterocycles. The molecule has 1 N–H and O–H groups in total. The van der Waals surface area contributed by atoms with Crippen LogP contribution in [0.25, 0.3) is 5.70 Å². The van der Waals surface area contributed by atoms with Crippen molar-refractivity contribution in [2.24, 2.45) is 0 Å². The van der Waals surface area contributed by atoms with Crippen molar-refractivity contribution < 1.29 is 0 Å². The molecule has 0 unspecified atom stereocenters. The van der Waals surface area contributed by atoms with E-state index in [0.717, 1.165) is 0 Å². The highest BCUT2D eigenvalue weighted by Crippen LogP contribution is 2.20. The minimum Gasteiger partial charge on any atom is -0.420 e. The molecule has 0 aliphatic carbocycles. The first-order chi connectivity index (χ1) is 11.5. The lowest BCUT2D eigenvalue weighted by Crippen LogP contribution is -2.46. The van der Waals surface area contributed by atoms with Crippen LogP contribution in [-0.2, 0) is 0 Å². The molecule has 1 heterocycles. The van der Waals surface area contributed by atoms with Gasteiger partial charge in [-0.25, -0.2) is 0 Å². The third-order valence-electron chi connectivity index (χ3n) is 4.62. The zero-order valence-electron chi connectivity index (χ0n) is 15.2. The molecule has 2 nitrogen and oxygen atoms in total. The lowest BCUT2D eigenvalue weighted by molar-refractivity contribution is 1.13. The first kappa shape index (κ1) is 16.4. The summed E-state index contributed by atoms with van der Waals surface area (Å²) in [6.45, 7) is 6.79. The molecule has 0 bridgehead atoms. The van der Waals surface area contributed by atoms with Gasteiger partial charge < -0.3 is 10.1 Å². The van der Waals surface area contributed by atoms with E-state index in [1.807, 2.05) is 0 Å². The second-order valence-electron chi connectivity index (χ2n) is 6.84. The van der Waals surface area contributed by atoms with Crippen LogP contribution in [0, 0.1) is 20.8 Å². The smallest absolute Gasteiger partial charge is 0.313 e. The molecule has 1 aliphatic heterocycles. The molecule has 0 atom stereocenters. The van der Waals surface area contributed by atoms with Crippen molar-refractivity contribution in [2.75, 3.05) is 19.0 Å². The van der Waals surface area contributed by atoms with Crippen molar-refractivity contribution in [1.29, 1.82) is 0 Å². The molecule has 0 saturated carbocycles. The molecule has 122 valence electrons. The van der Waals surface area contributed by atoms with E-state index in [1.54, 1.807) is 0 Å². The van der Waals surface area contributed by atoms with Crippen LogP contribution in [0.3, 0.4) is 0 Å². The average molecular weight is 316 g/mol. The highest BCUT2D eigenvalue weighted by molar-refractivity contribution is 6.77. The van der Waals surface area contributed by atoms with Gasteiger partial charge in [-0.15, -0.1) is 0 Å². The summed E-state index contributed by atoms with van der Waals surface area (Å²) in [4.78, 5) is 2.12. The predicted molar refractivity (Wildman–Crippen MR) is 107 cm³/mol. The lowest BCUT2D eigenvalue weighted by Gasteiger charge is -2.23. The second-order valence-corrected chi connectivity index (χ2v) is 6.84. The van der Waals surface area contributed by atoms with Crippen LogP contribution in [0.5, 0.6) is 0 Å². The summed E-state index contributed by atoms with van der Waals surface area (Å²) in [7, 11) is 4.13. The number of nitrogens with one attached hydrogen (secondary N) is 1. The molecule has 0 amide bonds. The summed E-state index contributed by atoms with van der Waals surface area (Å²) < 4.78 is 0. The molecule has 1 aliphatic rings. The Morgan fingerprint density at radius 1 is 0.917 bits per heavy atom. The average Bonchev–Trinajstić information content (AvgIpc) is 2.54. The van der Waals surface area contributed by atoms with Gasteiger partial charge in [0.2, 0.25) is 0 Å². The van der Waals surface area contributed by atoms with Gasteiger partial charge in [-0.2, -0.15) is 0 Å². The highest BCUT2D eigenvalue weighted by Gasteiger charge is 2.22. The van der Waals surface area contributed by atoms with Crippen LogP contribution < -0.4 is 15.6 Å². The van der Waals surface area contributed by atoms with Crippen LogP contribution in [0.1, 0.15) is 22.3 Å². The number of hydrogen-bond donors (Lipinski definition) is 1. The molecule has 24 heavy (non-hydrogen) atoms. The largest absolute Gasteiger partial charge is 0.420 e. The zero-order chi connectivity index (χ0) is 17.3. The first-order valence-electron chi connectivity index (χ1n) is 8.46. The molecule has 0 spiro atoms. The SMILES string of the molecule is Cc1cc(C)c(B2C=CC=C(c3ccc(N(C)C)cc3)N2)c(C)c1. The van der Waals surface area contributed by atoms with Gasteiger partial charge in [0.25, 0.3) is 0 Å². The van der Waals surface area contributed by atoms with Crippen molar-refractivity contribution in [3.05, 3.63) is 76.8 Å². The van der Waals surface area contributed by atoms with E-state index in [1.165, 1.54) is 39.1 Å². The van der Waals surface area contributed by atoms with Crippen LogP contribution in [0.2, 0.25) is 0 Å². The summed E-state index contributed by atoms with van der Waals surface area (Å²) in [5.41, 5.74) is 9.01. The van der Waals surface area contributed by atoms with Crippen molar-refractivity contribution in [2.45, 2.75) is 20.8 Å². The quantitative estimate of drug-likeness (QED) is 0.870. The fourth-order valence-electron chi connectivity index (χ4n) is 3.50. The molecule has 2 aromatic carbocycles. The second kappa shape index (κ2) is 6.60. The Morgan fingerprint density at radius 3 is 2.12 bits per heavy atom. The maximum Gasteiger partial charge on any atom is 0.313 e. The predicted octanol–water partition coefficient (Wildman–Crippen LogP) is 3.62. The number of anilines is 1. The molecule has 3 heteroatoms. The standard InChI is InChI=1S/C21H25BN2/c1-15-13-16(2)21(17(3)14-15)22-12-6-7-20(23-22)18-8-10-19(11-9-18)24(4)5/h6-14,23H,1-5H3. The first-order valence-corrected chi connectivity index (χ1v) is 8.46. The van der Waals surface area contributed by atoms with Gasteiger partial charge in [0.1, 0.15) is 0 Å². The van der Waals surface area contributed by atoms with E-state index in [9.17, 15) is 0 Å². The summed E-state index contributed by atoms with van der Waals surface area (Å²) >= 11 is 0. The number of nitrogens with zero attached hydrogens (tertiary/aromatic N) is 1. The summed E-state index contributed by atoms with van der Waals surface area (Å²) in [6, 6.07) is 13.2. The summed E-state index contributed by atoms with van der Waals surface area (Å²) in [5.74, 6) is 2.24. The number of rotatable bonds is 3. The van der Waals surface area contributed by atoms with Crippen molar-refractivity contribution >= 4 is 23.7 Å². The lowest BCUT2D eigenvalue weighted by atomic mass is 9.52. The van der Waals surface area contributed by atoms with Crippen LogP contribution in [0.4, 0.5) is 5.69 Å². The Balaban J connectivity index is 1.87. The maximum atomic E-state index is 3.70. The summed E-state index contributed by atoms with van der Waals surface area (Å²) in [5, 5.41) is 3.70. The topological polar surface area (TPSA) is 15.3 Å². The molecule has 0 radical (unpaired) electrons. The maximum absolute atomic E-state index is 3.70. The van der Waals surface area contributed by atoms with E-state index in [2.05, 4.69) is 99.5 Å². The Hall–Kier alpha value is -2.42. The number of allylic oxidation sites excluding steroid dienone is 2. The number of hydrogen-bond acceptors (Lipinski definition) is 2. The molecular weight excluding hydrogens is 291 g/mol. The van der Waals surface area contributed by atoms with E-state index < -0.39 is 0 Å². The van der Waals surface area contributed by atoms with E-state index in [0.29, 0.717) is 0 Å². The van der Waals surface area contributed by atoms with Crippen LogP contribution in [0.15, 0.2) is 54.5 Å². The monoisotopic (exact) mass is 316 g/mol. The van der Waals surface area contributed by atoms with Gasteiger partial charge in [0.05, 0.1) is 0 Å². The number of aryl methyl sites for hydroxylation is 3. The van der Waals surface area contributed by atoms with E-state index in [4.69, 9.17) is 0 Å². The van der Waals surface area contributed by atoms with Gasteiger partial charge in [0.15, 0.2) is 0 Å². The molecule has 2 aromatic rings. The van der Waals surface area contributed by atoms with Gasteiger partial charge in [0, 0.05) is 25.5 Å². The fraction of sp³-hybridized carbons (Fsp3) is 0.238. The number of benzene rings is 2. The van der Waals surface area contributed by atoms with Gasteiger partial charge in [-0.1, -0.05) is 53.0 Å². The van der Waals surface area contributed by atoms with Crippen molar-refractivity contribution in [3.8, 4) is 0 Å². The van der Waals surface area contributed by atoms with E-state index in [-0.39, 0.29) is 6.85 Å². The molecule has 3 rings (SSSR count). The normalized spacial score (nSPS) is 13.5. The van der Waals surface area contributed by atoms with Crippen molar-refractivity contribution in [1.82, 2.24) is 5.23 Å². The zero-order valence-corrected chi connectivity index (χ0v) is 15.2. The van der Waals surface area contributed by atoms with Crippen LogP contribution in [-0.4, -0.2) is 20.9 Å². The Kier molecular flexibility index (Phi) is 4.52. The highest BCUT2D eigenvalue weighted by atomic mass is 15.1. The van der Waals surface area contributed by atoms with Crippen molar-refractivity contribution in [3.63, 3.8) is 0 Å². The van der Waals surface area contributed by atoms with Crippen LogP contribution >= 0.6 is 0 Å². The minimum atomic E-state index is 0.221. The Labute approximate surface area is 146 Å². The Bertz CT molecular complexity index is 778. The van der Waals surface area contributed by atoms with Gasteiger partial charge in [-0.3, -0.25) is 0 Å². The van der Waals surface area contributed by atoms with Gasteiger partial charge in [-0.05, 0) is 50.0 Å². The molecular formula is C21H25BN2. The third kappa shape index (κ3) is 3.26. The molecule has 0 fully saturated rings.